The molecule has 1 atom stereocenters. The van der Waals surface area contributed by atoms with Gasteiger partial charge in [0, 0.05) is 0 Å². The van der Waals surface area contributed by atoms with Crippen molar-refractivity contribution >= 4 is 15.9 Å². The summed E-state index contributed by atoms with van der Waals surface area (Å²) in [6.45, 7) is 2.18. The van der Waals surface area contributed by atoms with E-state index in [1.54, 1.807) is 0 Å². The average Bonchev–Trinajstić information content (AvgIpc) is 2.78. The maximum Gasteiger partial charge on any atom is 0.169 e. The SMILES string of the molecule is CCCc1cccc(C(NN)c2ccc(Br)o2)c1. The summed E-state index contributed by atoms with van der Waals surface area (Å²) in [7, 11) is 0. The summed E-state index contributed by atoms with van der Waals surface area (Å²) in [6.07, 6.45) is 2.21. The lowest BCUT2D eigenvalue weighted by atomic mass is 10.0. The molecular formula is C14H17BrN2O. The minimum atomic E-state index is -0.117. The number of hydrogen-bond acceptors (Lipinski definition) is 3. The Morgan fingerprint density at radius 2 is 2.17 bits per heavy atom. The van der Waals surface area contributed by atoms with Crippen LogP contribution in [-0.2, 0) is 6.42 Å². The lowest BCUT2D eigenvalue weighted by Gasteiger charge is -2.14. The molecule has 0 spiro atoms. The molecule has 1 aromatic heterocycles. The zero-order valence-corrected chi connectivity index (χ0v) is 11.9. The summed E-state index contributed by atoms with van der Waals surface area (Å²) in [5, 5.41) is 0. The molecule has 2 aromatic rings. The van der Waals surface area contributed by atoms with Crippen LogP contribution in [0.4, 0.5) is 0 Å². The first kappa shape index (κ1) is 13.3. The van der Waals surface area contributed by atoms with Gasteiger partial charge in [-0.25, -0.2) is 5.43 Å². The van der Waals surface area contributed by atoms with E-state index in [2.05, 4.69) is 52.5 Å². The fourth-order valence-corrected chi connectivity index (χ4v) is 2.36. The van der Waals surface area contributed by atoms with Gasteiger partial charge in [0.25, 0.3) is 0 Å². The van der Waals surface area contributed by atoms with Crippen LogP contribution >= 0.6 is 15.9 Å². The number of hydrazine groups is 1. The van der Waals surface area contributed by atoms with Crippen LogP contribution in [0.15, 0.2) is 45.5 Å². The fourth-order valence-electron chi connectivity index (χ4n) is 2.04. The third-order valence-corrected chi connectivity index (χ3v) is 3.29. The van der Waals surface area contributed by atoms with Gasteiger partial charge in [0.05, 0.1) is 0 Å². The van der Waals surface area contributed by atoms with Crippen molar-refractivity contribution in [1.29, 1.82) is 0 Å². The van der Waals surface area contributed by atoms with E-state index < -0.39 is 0 Å². The molecule has 0 saturated carbocycles. The summed E-state index contributed by atoms with van der Waals surface area (Å²) in [4.78, 5) is 0. The average molecular weight is 309 g/mol. The lowest BCUT2D eigenvalue weighted by Crippen LogP contribution is -2.28. The van der Waals surface area contributed by atoms with Crippen LogP contribution in [0.3, 0.4) is 0 Å². The molecule has 0 saturated heterocycles. The topological polar surface area (TPSA) is 51.2 Å². The molecule has 0 fully saturated rings. The highest BCUT2D eigenvalue weighted by Gasteiger charge is 2.16. The van der Waals surface area contributed by atoms with Crippen LogP contribution in [0, 0.1) is 0 Å². The van der Waals surface area contributed by atoms with Gasteiger partial charge in [0.1, 0.15) is 11.8 Å². The summed E-state index contributed by atoms with van der Waals surface area (Å²) < 4.78 is 6.28. The molecule has 0 aliphatic rings. The molecule has 2 rings (SSSR count). The molecule has 0 aliphatic carbocycles. The van der Waals surface area contributed by atoms with Gasteiger partial charge in [-0.2, -0.15) is 0 Å². The van der Waals surface area contributed by atoms with Crippen LogP contribution < -0.4 is 11.3 Å². The lowest BCUT2D eigenvalue weighted by molar-refractivity contribution is 0.437. The molecule has 0 aliphatic heterocycles. The third kappa shape index (κ3) is 3.02. The second-order valence-corrected chi connectivity index (χ2v) is 5.02. The van der Waals surface area contributed by atoms with Gasteiger partial charge in [-0.15, -0.1) is 0 Å². The van der Waals surface area contributed by atoms with Crippen LogP contribution in [-0.4, -0.2) is 0 Å². The van der Waals surface area contributed by atoms with Crippen LogP contribution in [0.1, 0.15) is 36.3 Å². The van der Waals surface area contributed by atoms with E-state index in [1.165, 1.54) is 5.56 Å². The molecule has 18 heavy (non-hydrogen) atoms. The summed E-state index contributed by atoms with van der Waals surface area (Å²) in [5.41, 5.74) is 5.24. The van der Waals surface area contributed by atoms with Crippen LogP contribution in [0.5, 0.6) is 0 Å². The van der Waals surface area contributed by atoms with Crippen molar-refractivity contribution in [3.63, 3.8) is 0 Å². The first-order valence-corrected chi connectivity index (χ1v) is 6.84. The first-order chi connectivity index (χ1) is 8.74. The van der Waals surface area contributed by atoms with Crippen molar-refractivity contribution in [3.05, 3.63) is 58.0 Å². The van der Waals surface area contributed by atoms with E-state index in [1.807, 2.05) is 12.1 Å². The Balaban J connectivity index is 2.29. The molecule has 1 aromatic carbocycles. The maximum atomic E-state index is 5.64. The minimum absolute atomic E-state index is 0.117. The van der Waals surface area contributed by atoms with Gasteiger partial charge in [0.2, 0.25) is 0 Å². The zero-order valence-electron chi connectivity index (χ0n) is 10.3. The number of halogens is 1. The molecular weight excluding hydrogens is 292 g/mol. The number of rotatable bonds is 5. The quantitative estimate of drug-likeness (QED) is 0.656. The highest BCUT2D eigenvalue weighted by molar-refractivity contribution is 9.10. The zero-order chi connectivity index (χ0) is 13.0. The molecule has 4 heteroatoms. The van der Waals surface area contributed by atoms with E-state index in [4.69, 9.17) is 10.3 Å². The van der Waals surface area contributed by atoms with Gasteiger partial charge in [-0.1, -0.05) is 37.6 Å². The largest absolute Gasteiger partial charge is 0.452 e. The number of aryl methyl sites for hydroxylation is 1. The van der Waals surface area contributed by atoms with Gasteiger partial charge in [0.15, 0.2) is 4.67 Å². The molecule has 1 heterocycles. The van der Waals surface area contributed by atoms with Gasteiger partial charge >= 0.3 is 0 Å². The van der Waals surface area contributed by atoms with Crippen molar-refractivity contribution < 1.29 is 4.42 Å². The Morgan fingerprint density at radius 1 is 1.33 bits per heavy atom. The monoisotopic (exact) mass is 308 g/mol. The molecule has 3 N–H and O–H groups in total. The Labute approximate surface area is 115 Å². The van der Waals surface area contributed by atoms with Gasteiger partial charge in [-0.3, -0.25) is 5.84 Å². The Hall–Kier alpha value is -1.10. The summed E-state index contributed by atoms with van der Waals surface area (Å²) in [5.74, 6) is 6.45. The van der Waals surface area contributed by atoms with E-state index >= 15 is 0 Å². The van der Waals surface area contributed by atoms with Gasteiger partial charge < -0.3 is 4.42 Å². The number of nitrogens with two attached hydrogens (primary N) is 1. The summed E-state index contributed by atoms with van der Waals surface area (Å²) >= 11 is 3.31. The Bertz CT molecular complexity index is 510. The third-order valence-electron chi connectivity index (χ3n) is 2.87. The molecule has 0 bridgehead atoms. The molecule has 96 valence electrons. The summed E-state index contributed by atoms with van der Waals surface area (Å²) in [6, 6.07) is 12.1. The first-order valence-electron chi connectivity index (χ1n) is 6.04. The van der Waals surface area contributed by atoms with Gasteiger partial charge in [-0.05, 0) is 45.6 Å². The fraction of sp³-hybridized carbons (Fsp3) is 0.286. The van der Waals surface area contributed by atoms with E-state index in [0.717, 1.165) is 24.2 Å². The second-order valence-electron chi connectivity index (χ2n) is 4.24. The second kappa shape index (κ2) is 6.18. The van der Waals surface area contributed by atoms with Crippen molar-refractivity contribution in [2.75, 3.05) is 0 Å². The number of hydrogen-bond donors (Lipinski definition) is 2. The maximum absolute atomic E-state index is 5.64. The predicted octanol–water partition coefficient (Wildman–Crippen LogP) is 3.55. The Morgan fingerprint density at radius 3 is 2.78 bits per heavy atom. The normalized spacial score (nSPS) is 12.6. The minimum Gasteiger partial charge on any atom is -0.452 e. The molecule has 0 radical (unpaired) electrons. The van der Waals surface area contributed by atoms with Crippen molar-refractivity contribution in [2.45, 2.75) is 25.8 Å². The van der Waals surface area contributed by atoms with Crippen LogP contribution in [0.25, 0.3) is 0 Å². The Kier molecular flexibility index (Phi) is 4.58. The number of furan rings is 1. The number of benzene rings is 1. The standard InChI is InChI=1S/C14H17BrN2O/c1-2-4-10-5-3-6-11(9-10)14(17-16)12-7-8-13(15)18-12/h3,5-9,14,17H,2,4,16H2,1H3. The van der Waals surface area contributed by atoms with E-state index in [-0.39, 0.29) is 6.04 Å². The molecule has 0 amide bonds. The highest BCUT2D eigenvalue weighted by atomic mass is 79.9. The van der Waals surface area contributed by atoms with Crippen molar-refractivity contribution in [3.8, 4) is 0 Å². The predicted molar refractivity (Wildman–Crippen MR) is 76.0 cm³/mol. The molecule has 1 unspecified atom stereocenters. The highest BCUT2D eigenvalue weighted by Crippen LogP contribution is 2.26. The smallest absolute Gasteiger partial charge is 0.169 e. The van der Waals surface area contributed by atoms with E-state index in [9.17, 15) is 0 Å². The van der Waals surface area contributed by atoms with Crippen LogP contribution in [0.2, 0.25) is 0 Å². The van der Waals surface area contributed by atoms with Crippen molar-refractivity contribution in [1.82, 2.24) is 5.43 Å². The molecule has 3 nitrogen and oxygen atoms in total. The van der Waals surface area contributed by atoms with Crippen molar-refractivity contribution in [2.24, 2.45) is 5.84 Å². The van der Waals surface area contributed by atoms with E-state index in [0.29, 0.717) is 4.67 Å². The number of nitrogens with one attached hydrogen (secondary N) is 1.